The number of benzene rings is 1. The second-order valence-electron chi connectivity index (χ2n) is 8.95. The molecule has 3 aliphatic rings. The molecule has 0 radical (unpaired) electrons. The first-order chi connectivity index (χ1) is 14.6. The molecule has 4 rings (SSSR count). The SMILES string of the molecule is CCNC(=NCC(C)(C)c1ccc2c(c1)OCCO2)N1CCC(N2CCOCC2)C1. The van der Waals surface area contributed by atoms with Gasteiger partial charge in [0, 0.05) is 44.2 Å². The Kier molecular flexibility index (Phi) is 6.68. The molecule has 30 heavy (non-hydrogen) atoms. The number of likely N-dealkylation sites (tertiary alicyclic amines) is 1. The maximum absolute atomic E-state index is 5.78. The van der Waals surface area contributed by atoms with E-state index in [4.69, 9.17) is 19.2 Å². The van der Waals surface area contributed by atoms with E-state index in [1.807, 2.05) is 6.07 Å². The van der Waals surface area contributed by atoms with Crippen LogP contribution in [0.2, 0.25) is 0 Å². The van der Waals surface area contributed by atoms with Crippen molar-refractivity contribution in [1.82, 2.24) is 15.1 Å². The van der Waals surface area contributed by atoms with E-state index < -0.39 is 0 Å². The molecule has 0 amide bonds. The van der Waals surface area contributed by atoms with E-state index in [9.17, 15) is 0 Å². The van der Waals surface area contributed by atoms with Crippen LogP contribution in [0, 0.1) is 0 Å². The highest BCUT2D eigenvalue weighted by Gasteiger charge is 2.31. The van der Waals surface area contributed by atoms with Crippen molar-refractivity contribution in [2.75, 3.05) is 65.7 Å². The van der Waals surface area contributed by atoms with Crippen molar-refractivity contribution in [3.8, 4) is 11.5 Å². The molecule has 0 aromatic heterocycles. The summed E-state index contributed by atoms with van der Waals surface area (Å²) in [5, 5.41) is 3.51. The summed E-state index contributed by atoms with van der Waals surface area (Å²) < 4.78 is 17.0. The maximum Gasteiger partial charge on any atom is 0.193 e. The molecular weight excluding hydrogens is 380 g/mol. The van der Waals surface area contributed by atoms with Gasteiger partial charge in [-0.05, 0) is 31.0 Å². The summed E-state index contributed by atoms with van der Waals surface area (Å²) in [4.78, 5) is 10.0. The van der Waals surface area contributed by atoms with Crippen LogP contribution >= 0.6 is 0 Å². The molecule has 7 nitrogen and oxygen atoms in total. The number of hydrogen-bond donors (Lipinski definition) is 1. The summed E-state index contributed by atoms with van der Waals surface area (Å²) in [6, 6.07) is 6.87. The van der Waals surface area contributed by atoms with E-state index in [2.05, 4.69) is 48.0 Å². The smallest absolute Gasteiger partial charge is 0.193 e. The molecule has 1 unspecified atom stereocenters. The highest BCUT2D eigenvalue weighted by Crippen LogP contribution is 2.35. The summed E-state index contributed by atoms with van der Waals surface area (Å²) in [7, 11) is 0. The van der Waals surface area contributed by atoms with E-state index in [0.29, 0.717) is 25.8 Å². The van der Waals surface area contributed by atoms with Crippen molar-refractivity contribution >= 4 is 5.96 Å². The van der Waals surface area contributed by atoms with Crippen LogP contribution in [0.25, 0.3) is 0 Å². The van der Waals surface area contributed by atoms with Gasteiger partial charge in [0.25, 0.3) is 0 Å². The Morgan fingerprint density at radius 1 is 1.10 bits per heavy atom. The molecule has 1 aromatic rings. The molecule has 0 aliphatic carbocycles. The normalized spacial score (nSPS) is 23.0. The lowest BCUT2D eigenvalue weighted by Gasteiger charge is -2.32. The molecule has 1 N–H and O–H groups in total. The van der Waals surface area contributed by atoms with Gasteiger partial charge in [-0.2, -0.15) is 0 Å². The zero-order valence-corrected chi connectivity index (χ0v) is 18.7. The summed E-state index contributed by atoms with van der Waals surface area (Å²) in [6.45, 7) is 15.3. The van der Waals surface area contributed by atoms with Crippen LogP contribution in [-0.4, -0.2) is 87.5 Å². The molecule has 0 saturated carbocycles. The van der Waals surface area contributed by atoms with Gasteiger partial charge in [0.2, 0.25) is 0 Å². The monoisotopic (exact) mass is 416 g/mol. The molecule has 7 heteroatoms. The number of nitrogens with one attached hydrogen (secondary N) is 1. The summed E-state index contributed by atoms with van der Waals surface area (Å²) in [5.74, 6) is 2.71. The number of hydrogen-bond acceptors (Lipinski definition) is 5. The standard InChI is InChI=1S/C23H36N4O3/c1-4-24-22(27-8-7-19(16-27)26-9-11-28-12-10-26)25-17-23(2,3)18-5-6-20-21(15-18)30-14-13-29-20/h5-6,15,19H,4,7-14,16-17H2,1-3H3,(H,24,25). The van der Waals surface area contributed by atoms with Gasteiger partial charge >= 0.3 is 0 Å². The molecule has 2 fully saturated rings. The molecule has 1 aromatic carbocycles. The van der Waals surface area contributed by atoms with Crippen LogP contribution in [0.5, 0.6) is 11.5 Å². The summed E-state index contributed by atoms with van der Waals surface area (Å²) >= 11 is 0. The predicted molar refractivity (Wildman–Crippen MR) is 119 cm³/mol. The molecule has 166 valence electrons. The van der Waals surface area contributed by atoms with Gasteiger partial charge in [0.15, 0.2) is 17.5 Å². The van der Waals surface area contributed by atoms with Crippen LogP contribution in [-0.2, 0) is 10.2 Å². The minimum atomic E-state index is -0.0974. The third-order valence-electron chi connectivity index (χ3n) is 6.31. The van der Waals surface area contributed by atoms with Gasteiger partial charge in [0.05, 0.1) is 19.8 Å². The summed E-state index contributed by atoms with van der Waals surface area (Å²) in [6.07, 6.45) is 1.19. The molecule has 3 aliphatic heterocycles. The first-order valence-corrected chi connectivity index (χ1v) is 11.3. The number of nitrogens with zero attached hydrogens (tertiary/aromatic N) is 3. The molecule has 0 spiro atoms. The third kappa shape index (κ3) is 4.83. The number of guanidine groups is 1. The number of ether oxygens (including phenoxy) is 3. The predicted octanol–water partition coefficient (Wildman–Crippen LogP) is 2.11. The average Bonchev–Trinajstić information content (AvgIpc) is 3.27. The number of aliphatic imine (C=N–C) groups is 1. The Balaban J connectivity index is 1.43. The fourth-order valence-corrected chi connectivity index (χ4v) is 4.43. The maximum atomic E-state index is 5.78. The fraction of sp³-hybridized carbons (Fsp3) is 0.696. The Labute approximate surface area is 180 Å². The van der Waals surface area contributed by atoms with Crippen molar-refractivity contribution in [2.24, 2.45) is 4.99 Å². The van der Waals surface area contributed by atoms with Crippen LogP contribution < -0.4 is 14.8 Å². The van der Waals surface area contributed by atoms with Crippen LogP contribution in [0.1, 0.15) is 32.8 Å². The van der Waals surface area contributed by atoms with Crippen molar-refractivity contribution in [3.63, 3.8) is 0 Å². The van der Waals surface area contributed by atoms with Crippen LogP contribution in [0.15, 0.2) is 23.2 Å². The van der Waals surface area contributed by atoms with Crippen LogP contribution in [0.3, 0.4) is 0 Å². The van der Waals surface area contributed by atoms with E-state index in [1.165, 1.54) is 12.0 Å². The third-order valence-corrected chi connectivity index (χ3v) is 6.31. The first kappa shape index (κ1) is 21.2. The summed E-state index contributed by atoms with van der Waals surface area (Å²) in [5.41, 5.74) is 1.12. The topological polar surface area (TPSA) is 58.6 Å². The van der Waals surface area contributed by atoms with Gasteiger partial charge < -0.3 is 24.4 Å². The Bertz CT molecular complexity index is 746. The van der Waals surface area contributed by atoms with E-state index >= 15 is 0 Å². The van der Waals surface area contributed by atoms with E-state index in [-0.39, 0.29) is 5.41 Å². The van der Waals surface area contributed by atoms with Crippen molar-refractivity contribution in [3.05, 3.63) is 23.8 Å². The lowest BCUT2D eigenvalue weighted by atomic mass is 9.84. The molecule has 2 saturated heterocycles. The molecule has 0 bridgehead atoms. The number of fused-ring (bicyclic) bond motifs is 1. The number of morpholine rings is 1. The van der Waals surface area contributed by atoms with Crippen LogP contribution in [0.4, 0.5) is 0 Å². The zero-order valence-electron chi connectivity index (χ0n) is 18.7. The Hall–Kier alpha value is -1.99. The van der Waals surface area contributed by atoms with Gasteiger partial charge in [-0.1, -0.05) is 19.9 Å². The average molecular weight is 417 g/mol. The van der Waals surface area contributed by atoms with Gasteiger partial charge in [-0.3, -0.25) is 9.89 Å². The van der Waals surface area contributed by atoms with Gasteiger partial charge in [0.1, 0.15) is 13.2 Å². The largest absolute Gasteiger partial charge is 0.486 e. The lowest BCUT2D eigenvalue weighted by molar-refractivity contribution is 0.0195. The van der Waals surface area contributed by atoms with Gasteiger partial charge in [-0.25, -0.2) is 0 Å². The molecule has 1 atom stereocenters. The Morgan fingerprint density at radius 2 is 1.87 bits per heavy atom. The van der Waals surface area contributed by atoms with E-state index in [0.717, 1.165) is 63.4 Å². The molecular formula is C23H36N4O3. The quantitative estimate of drug-likeness (QED) is 0.586. The minimum Gasteiger partial charge on any atom is -0.486 e. The molecule has 3 heterocycles. The van der Waals surface area contributed by atoms with E-state index in [1.54, 1.807) is 0 Å². The second-order valence-corrected chi connectivity index (χ2v) is 8.95. The van der Waals surface area contributed by atoms with Crippen molar-refractivity contribution in [1.29, 1.82) is 0 Å². The Morgan fingerprint density at radius 3 is 2.63 bits per heavy atom. The van der Waals surface area contributed by atoms with Crippen molar-refractivity contribution in [2.45, 2.75) is 38.6 Å². The second kappa shape index (κ2) is 9.43. The highest BCUT2D eigenvalue weighted by atomic mass is 16.6. The fourth-order valence-electron chi connectivity index (χ4n) is 4.43. The zero-order chi connectivity index (χ0) is 21.0. The highest BCUT2D eigenvalue weighted by molar-refractivity contribution is 5.80. The van der Waals surface area contributed by atoms with Crippen molar-refractivity contribution < 1.29 is 14.2 Å². The minimum absolute atomic E-state index is 0.0974. The first-order valence-electron chi connectivity index (χ1n) is 11.3. The lowest BCUT2D eigenvalue weighted by Crippen LogP contribution is -2.47. The van der Waals surface area contributed by atoms with Gasteiger partial charge in [-0.15, -0.1) is 0 Å². The number of rotatable bonds is 5.